The van der Waals surface area contributed by atoms with E-state index in [1.807, 2.05) is 0 Å². The highest BCUT2D eigenvalue weighted by atomic mass is 127. The molecule has 1 aliphatic rings. The fourth-order valence-electron chi connectivity index (χ4n) is 3.11. The number of guanidine groups is 1. The van der Waals surface area contributed by atoms with E-state index in [1.54, 1.807) is 0 Å². The van der Waals surface area contributed by atoms with Gasteiger partial charge in [-0.3, -0.25) is 14.7 Å². The predicted molar refractivity (Wildman–Crippen MR) is 115 cm³/mol. The number of rotatable bonds is 11. The summed E-state index contributed by atoms with van der Waals surface area (Å²) in [5.74, 6) is 0.817. The second-order valence-electron chi connectivity index (χ2n) is 6.31. The quantitative estimate of drug-likeness (QED) is 0.161. The third kappa shape index (κ3) is 10.9. The molecular formula is C18H37IN4O2. The summed E-state index contributed by atoms with van der Waals surface area (Å²) in [5, 5.41) is 6.74. The summed E-state index contributed by atoms with van der Waals surface area (Å²) in [6.07, 6.45) is 7.28. The van der Waals surface area contributed by atoms with E-state index in [0.29, 0.717) is 12.5 Å². The normalized spacial score (nSPS) is 17.9. The third-order valence-electron chi connectivity index (χ3n) is 4.54. The number of nitrogens with one attached hydrogen (secondary N) is 2. The summed E-state index contributed by atoms with van der Waals surface area (Å²) in [6, 6.07) is 0.601. The van der Waals surface area contributed by atoms with Gasteiger partial charge in [0.15, 0.2) is 5.96 Å². The molecule has 0 bridgehead atoms. The number of unbranched alkanes of at least 4 members (excludes halogenated alkanes) is 3. The van der Waals surface area contributed by atoms with E-state index in [2.05, 4.69) is 34.1 Å². The maximum Gasteiger partial charge on any atom is 0.305 e. The monoisotopic (exact) mass is 468 g/mol. The van der Waals surface area contributed by atoms with Crippen LogP contribution in [0.3, 0.4) is 0 Å². The van der Waals surface area contributed by atoms with Crippen LogP contribution in [-0.4, -0.2) is 62.7 Å². The van der Waals surface area contributed by atoms with Gasteiger partial charge in [0.25, 0.3) is 0 Å². The highest BCUT2D eigenvalue weighted by Crippen LogP contribution is 2.16. The first kappa shape index (κ1) is 24.4. The van der Waals surface area contributed by atoms with Crippen molar-refractivity contribution in [2.45, 2.75) is 64.8 Å². The molecule has 1 rings (SSSR count). The van der Waals surface area contributed by atoms with Crippen molar-refractivity contribution in [3.05, 3.63) is 0 Å². The lowest BCUT2D eigenvalue weighted by Crippen LogP contribution is -2.39. The zero-order valence-corrected chi connectivity index (χ0v) is 18.5. The molecule has 1 atom stereocenters. The summed E-state index contributed by atoms with van der Waals surface area (Å²) in [7, 11) is 1.44. The van der Waals surface area contributed by atoms with Crippen LogP contribution in [0.5, 0.6) is 0 Å². The molecule has 2 N–H and O–H groups in total. The minimum Gasteiger partial charge on any atom is -0.469 e. The maximum atomic E-state index is 11.0. The lowest BCUT2D eigenvalue weighted by atomic mass is 10.1. The number of nitrogens with zero attached hydrogens (tertiary/aromatic N) is 2. The average Bonchev–Trinajstić information content (AvgIpc) is 3.05. The van der Waals surface area contributed by atoms with Crippen molar-refractivity contribution in [3.8, 4) is 0 Å². The highest BCUT2D eigenvalue weighted by molar-refractivity contribution is 14.0. The van der Waals surface area contributed by atoms with Crippen LogP contribution in [0.1, 0.15) is 58.8 Å². The second-order valence-corrected chi connectivity index (χ2v) is 6.31. The van der Waals surface area contributed by atoms with Crippen LogP contribution in [0, 0.1) is 0 Å². The molecule has 0 aromatic heterocycles. The molecule has 0 saturated carbocycles. The summed E-state index contributed by atoms with van der Waals surface area (Å²) in [6.45, 7) is 9.34. The Kier molecular flexibility index (Phi) is 15.3. The molecule has 1 saturated heterocycles. The van der Waals surface area contributed by atoms with Crippen LogP contribution in [0.15, 0.2) is 4.99 Å². The van der Waals surface area contributed by atoms with E-state index in [0.717, 1.165) is 57.8 Å². The Balaban J connectivity index is 0.00000576. The lowest BCUT2D eigenvalue weighted by molar-refractivity contribution is -0.140. The number of likely N-dealkylation sites (tertiary alicyclic amines) is 1. The van der Waals surface area contributed by atoms with Crippen molar-refractivity contribution in [2.24, 2.45) is 4.99 Å². The number of methoxy groups -OCH3 is 1. The molecule has 7 heteroatoms. The van der Waals surface area contributed by atoms with Crippen LogP contribution < -0.4 is 10.6 Å². The molecule has 1 fully saturated rings. The van der Waals surface area contributed by atoms with Gasteiger partial charge in [-0.25, -0.2) is 0 Å². The maximum absolute atomic E-state index is 11.0. The average molecular weight is 468 g/mol. The summed E-state index contributed by atoms with van der Waals surface area (Å²) in [5.41, 5.74) is 0. The SMILES string of the molecule is CCNC(=NCC1CCCN1CC)NCCCCCCC(=O)OC.I. The van der Waals surface area contributed by atoms with Gasteiger partial charge < -0.3 is 15.4 Å². The smallest absolute Gasteiger partial charge is 0.305 e. The molecule has 0 radical (unpaired) electrons. The third-order valence-corrected chi connectivity index (χ3v) is 4.54. The van der Waals surface area contributed by atoms with Crippen LogP contribution in [0.2, 0.25) is 0 Å². The number of carbonyl (C=O) groups is 1. The van der Waals surface area contributed by atoms with E-state index >= 15 is 0 Å². The molecule has 6 nitrogen and oxygen atoms in total. The van der Waals surface area contributed by atoms with E-state index in [1.165, 1.54) is 26.5 Å². The number of esters is 1. The topological polar surface area (TPSA) is 66.0 Å². The second kappa shape index (κ2) is 15.7. The Morgan fingerprint density at radius 3 is 2.64 bits per heavy atom. The number of likely N-dealkylation sites (N-methyl/N-ethyl adjacent to an activating group) is 1. The van der Waals surface area contributed by atoms with Gasteiger partial charge in [-0.2, -0.15) is 0 Å². The molecule has 0 aromatic carbocycles. The fourth-order valence-corrected chi connectivity index (χ4v) is 3.11. The Morgan fingerprint density at radius 2 is 1.96 bits per heavy atom. The first-order valence-corrected chi connectivity index (χ1v) is 9.54. The zero-order valence-electron chi connectivity index (χ0n) is 16.2. The van der Waals surface area contributed by atoms with Crippen molar-refractivity contribution in [1.82, 2.24) is 15.5 Å². The van der Waals surface area contributed by atoms with E-state index in [-0.39, 0.29) is 29.9 Å². The Hall–Kier alpha value is -0.570. The van der Waals surface area contributed by atoms with Gasteiger partial charge in [-0.1, -0.05) is 19.8 Å². The highest BCUT2D eigenvalue weighted by Gasteiger charge is 2.22. The van der Waals surface area contributed by atoms with Gasteiger partial charge in [0.05, 0.1) is 13.7 Å². The molecule has 0 aliphatic carbocycles. The predicted octanol–water partition coefficient (Wildman–Crippen LogP) is 2.77. The standard InChI is InChI=1S/C18H36N4O2.HI/c1-4-19-18(21-15-16-11-10-14-22(16)5-2)20-13-9-7-6-8-12-17(23)24-3;/h16H,4-15H2,1-3H3,(H2,19,20,21);1H. The van der Waals surface area contributed by atoms with Gasteiger partial charge in [-0.05, 0) is 45.7 Å². The number of ether oxygens (including phenoxy) is 1. The Morgan fingerprint density at radius 1 is 1.20 bits per heavy atom. The first-order valence-electron chi connectivity index (χ1n) is 9.54. The van der Waals surface area contributed by atoms with Gasteiger partial charge in [0, 0.05) is 25.6 Å². The number of halogens is 1. The van der Waals surface area contributed by atoms with Crippen molar-refractivity contribution < 1.29 is 9.53 Å². The minimum atomic E-state index is -0.109. The minimum absolute atomic E-state index is 0. The molecular weight excluding hydrogens is 431 g/mol. The van der Waals surface area contributed by atoms with E-state index in [9.17, 15) is 4.79 Å². The van der Waals surface area contributed by atoms with Crippen molar-refractivity contribution >= 4 is 35.9 Å². The number of hydrogen-bond donors (Lipinski definition) is 2. The number of carbonyl (C=O) groups excluding carboxylic acids is 1. The van der Waals surface area contributed by atoms with E-state index < -0.39 is 0 Å². The van der Waals surface area contributed by atoms with Gasteiger partial charge in [0.2, 0.25) is 0 Å². The molecule has 0 aromatic rings. The molecule has 0 amide bonds. The van der Waals surface area contributed by atoms with Gasteiger partial charge in [-0.15, -0.1) is 24.0 Å². The molecule has 148 valence electrons. The van der Waals surface area contributed by atoms with Crippen LogP contribution in [0.4, 0.5) is 0 Å². The van der Waals surface area contributed by atoms with Crippen molar-refractivity contribution in [1.29, 1.82) is 0 Å². The molecule has 1 heterocycles. The summed E-state index contributed by atoms with van der Waals surface area (Å²) >= 11 is 0. The van der Waals surface area contributed by atoms with Gasteiger partial charge >= 0.3 is 5.97 Å². The molecule has 0 spiro atoms. The largest absolute Gasteiger partial charge is 0.469 e. The molecule has 1 aliphatic heterocycles. The Labute approximate surface area is 170 Å². The molecule has 1 unspecified atom stereocenters. The fraction of sp³-hybridized carbons (Fsp3) is 0.889. The first-order chi connectivity index (χ1) is 11.7. The van der Waals surface area contributed by atoms with Crippen LogP contribution in [-0.2, 0) is 9.53 Å². The molecule has 25 heavy (non-hydrogen) atoms. The van der Waals surface area contributed by atoms with Crippen LogP contribution in [0.25, 0.3) is 0 Å². The van der Waals surface area contributed by atoms with Crippen molar-refractivity contribution in [2.75, 3.05) is 39.8 Å². The van der Waals surface area contributed by atoms with Gasteiger partial charge in [0.1, 0.15) is 0 Å². The number of hydrogen-bond acceptors (Lipinski definition) is 4. The zero-order chi connectivity index (χ0) is 17.6. The van der Waals surface area contributed by atoms with E-state index in [4.69, 9.17) is 4.99 Å². The Bertz CT molecular complexity index is 380. The summed E-state index contributed by atoms with van der Waals surface area (Å²) in [4.78, 5) is 18.3. The van der Waals surface area contributed by atoms with Crippen molar-refractivity contribution in [3.63, 3.8) is 0 Å². The lowest BCUT2D eigenvalue weighted by Gasteiger charge is -2.21. The van der Waals surface area contributed by atoms with Crippen LogP contribution >= 0.6 is 24.0 Å². The number of aliphatic imine (C=N–C) groups is 1. The summed E-state index contributed by atoms with van der Waals surface area (Å²) < 4.78 is 4.64.